The first-order valence-electron chi connectivity index (χ1n) is 6.98. The van der Waals surface area contributed by atoms with E-state index >= 15 is 0 Å². The zero-order valence-corrected chi connectivity index (χ0v) is 12.2. The molecule has 0 saturated carbocycles. The second-order valence-electron chi connectivity index (χ2n) is 5.67. The number of hydrogen-bond donors (Lipinski definition) is 1. The normalized spacial score (nSPS) is 21.8. The smallest absolute Gasteiger partial charge is 0.248 e. The van der Waals surface area contributed by atoms with Crippen molar-refractivity contribution in [1.29, 1.82) is 0 Å². The molecule has 1 aromatic rings. The molecule has 1 fully saturated rings. The molecule has 1 aliphatic rings. The Labute approximate surface area is 119 Å². The molecule has 1 aliphatic heterocycles. The third-order valence-corrected chi connectivity index (χ3v) is 3.53. The minimum atomic E-state index is -0.851. The van der Waals surface area contributed by atoms with Gasteiger partial charge in [0, 0.05) is 6.20 Å². The van der Waals surface area contributed by atoms with Crippen molar-refractivity contribution in [3.8, 4) is 0 Å². The molecule has 0 spiro atoms. The number of amides is 2. The maximum Gasteiger partial charge on any atom is 0.248 e. The van der Waals surface area contributed by atoms with E-state index in [4.69, 9.17) is 0 Å². The van der Waals surface area contributed by atoms with Gasteiger partial charge in [-0.05, 0) is 32.4 Å². The highest BCUT2D eigenvalue weighted by Crippen LogP contribution is 2.22. The molecule has 1 aromatic heterocycles. The lowest BCUT2D eigenvalue weighted by molar-refractivity contribution is -0.154. The van der Waals surface area contributed by atoms with Crippen LogP contribution in [0.5, 0.6) is 0 Å². The highest BCUT2D eigenvalue weighted by Gasteiger charge is 2.44. The minimum Gasteiger partial charge on any atom is -0.340 e. The standard InChI is InChI=1S/C15H21N3O2/c1-4-7-12-13(19)17-15(2,3)14(20)18(12)10-11-8-5-6-9-16-11/h5-6,8-9,12H,4,7,10H2,1-3H3,(H,17,19). The zero-order valence-electron chi connectivity index (χ0n) is 12.2. The van der Waals surface area contributed by atoms with Crippen LogP contribution in [0.25, 0.3) is 0 Å². The summed E-state index contributed by atoms with van der Waals surface area (Å²) in [6, 6.07) is 5.19. The quantitative estimate of drug-likeness (QED) is 0.905. The summed E-state index contributed by atoms with van der Waals surface area (Å²) >= 11 is 0. The van der Waals surface area contributed by atoms with Gasteiger partial charge in [0.2, 0.25) is 11.8 Å². The van der Waals surface area contributed by atoms with E-state index in [1.54, 1.807) is 24.9 Å². The van der Waals surface area contributed by atoms with Gasteiger partial charge in [0.15, 0.2) is 0 Å². The van der Waals surface area contributed by atoms with E-state index in [0.717, 1.165) is 12.1 Å². The number of nitrogens with one attached hydrogen (secondary N) is 1. The Hall–Kier alpha value is -1.91. The van der Waals surface area contributed by atoms with Crippen LogP contribution in [0.2, 0.25) is 0 Å². The van der Waals surface area contributed by atoms with E-state index in [1.807, 2.05) is 25.1 Å². The van der Waals surface area contributed by atoms with Crippen molar-refractivity contribution < 1.29 is 9.59 Å². The van der Waals surface area contributed by atoms with Gasteiger partial charge in [-0.15, -0.1) is 0 Å². The van der Waals surface area contributed by atoms with Crippen molar-refractivity contribution in [2.45, 2.75) is 51.7 Å². The predicted octanol–water partition coefficient (Wildman–Crippen LogP) is 1.49. The van der Waals surface area contributed by atoms with Crippen molar-refractivity contribution in [3.63, 3.8) is 0 Å². The van der Waals surface area contributed by atoms with E-state index in [2.05, 4.69) is 10.3 Å². The van der Waals surface area contributed by atoms with Crippen LogP contribution in [-0.4, -0.2) is 33.3 Å². The Bertz CT molecular complexity index is 499. The number of carbonyl (C=O) groups excluding carboxylic acids is 2. The highest BCUT2D eigenvalue weighted by molar-refractivity contribution is 5.99. The van der Waals surface area contributed by atoms with Crippen LogP contribution >= 0.6 is 0 Å². The van der Waals surface area contributed by atoms with Crippen LogP contribution < -0.4 is 5.32 Å². The van der Waals surface area contributed by atoms with E-state index in [9.17, 15) is 9.59 Å². The Balaban J connectivity index is 2.27. The number of aromatic nitrogens is 1. The van der Waals surface area contributed by atoms with E-state index in [-0.39, 0.29) is 11.8 Å². The van der Waals surface area contributed by atoms with E-state index < -0.39 is 11.6 Å². The monoisotopic (exact) mass is 275 g/mol. The van der Waals surface area contributed by atoms with Gasteiger partial charge in [-0.25, -0.2) is 0 Å². The van der Waals surface area contributed by atoms with Gasteiger partial charge in [-0.2, -0.15) is 0 Å². The first-order chi connectivity index (χ1) is 9.45. The first kappa shape index (κ1) is 14.5. The Morgan fingerprint density at radius 2 is 2.10 bits per heavy atom. The summed E-state index contributed by atoms with van der Waals surface area (Å²) in [5, 5.41) is 2.81. The fraction of sp³-hybridized carbons (Fsp3) is 0.533. The highest BCUT2D eigenvalue weighted by atomic mass is 16.2. The molecule has 1 saturated heterocycles. The van der Waals surface area contributed by atoms with Crippen molar-refractivity contribution in [2.75, 3.05) is 0 Å². The van der Waals surface area contributed by atoms with Crippen LogP contribution in [0.4, 0.5) is 0 Å². The van der Waals surface area contributed by atoms with Crippen molar-refractivity contribution >= 4 is 11.8 Å². The largest absolute Gasteiger partial charge is 0.340 e. The third kappa shape index (κ3) is 2.81. The van der Waals surface area contributed by atoms with Crippen LogP contribution in [0, 0.1) is 0 Å². The molecule has 5 nitrogen and oxygen atoms in total. The van der Waals surface area contributed by atoms with E-state index in [0.29, 0.717) is 13.0 Å². The summed E-state index contributed by atoms with van der Waals surface area (Å²) in [5.74, 6) is -0.131. The van der Waals surface area contributed by atoms with Gasteiger partial charge in [-0.3, -0.25) is 14.6 Å². The number of piperazine rings is 1. The molecule has 0 aromatic carbocycles. The molecule has 2 rings (SSSR count). The van der Waals surface area contributed by atoms with Crippen LogP contribution in [0.1, 0.15) is 39.3 Å². The average Bonchev–Trinajstić information content (AvgIpc) is 2.41. The topological polar surface area (TPSA) is 62.3 Å². The second-order valence-corrected chi connectivity index (χ2v) is 5.67. The number of rotatable bonds is 4. The molecule has 108 valence electrons. The third-order valence-electron chi connectivity index (χ3n) is 3.53. The molecule has 5 heteroatoms. The zero-order chi connectivity index (χ0) is 14.8. The lowest BCUT2D eigenvalue weighted by Crippen LogP contribution is -2.67. The molecule has 1 unspecified atom stereocenters. The summed E-state index contributed by atoms with van der Waals surface area (Å²) in [4.78, 5) is 30.7. The van der Waals surface area contributed by atoms with Crippen LogP contribution in [-0.2, 0) is 16.1 Å². The maximum absolute atomic E-state index is 12.6. The summed E-state index contributed by atoms with van der Waals surface area (Å²) in [6.45, 7) is 5.86. The molecule has 0 radical (unpaired) electrons. The summed E-state index contributed by atoms with van der Waals surface area (Å²) in [5.41, 5.74) is -0.0525. The molecule has 0 bridgehead atoms. The molecule has 1 N–H and O–H groups in total. The van der Waals surface area contributed by atoms with Crippen LogP contribution in [0.15, 0.2) is 24.4 Å². The number of nitrogens with zero attached hydrogens (tertiary/aromatic N) is 2. The molecular weight excluding hydrogens is 254 g/mol. The van der Waals surface area contributed by atoms with Crippen molar-refractivity contribution in [1.82, 2.24) is 15.2 Å². The molecule has 20 heavy (non-hydrogen) atoms. The lowest BCUT2D eigenvalue weighted by atomic mass is 9.94. The number of hydrogen-bond acceptors (Lipinski definition) is 3. The fourth-order valence-electron chi connectivity index (χ4n) is 2.50. The summed E-state index contributed by atoms with van der Waals surface area (Å²) in [7, 11) is 0. The van der Waals surface area contributed by atoms with Gasteiger partial charge in [0.25, 0.3) is 0 Å². The SMILES string of the molecule is CCCC1C(=O)NC(C)(C)C(=O)N1Cc1ccccn1. The first-order valence-corrected chi connectivity index (χ1v) is 6.98. The van der Waals surface area contributed by atoms with Crippen molar-refractivity contribution in [2.24, 2.45) is 0 Å². The Morgan fingerprint density at radius 3 is 2.70 bits per heavy atom. The van der Waals surface area contributed by atoms with Gasteiger partial charge >= 0.3 is 0 Å². The molecule has 0 aliphatic carbocycles. The van der Waals surface area contributed by atoms with Gasteiger partial charge in [0.1, 0.15) is 11.6 Å². The maximum atomic E-state index is 12.6. The van der Waals surface area contributed by atoms with Crippen molar-refractivity contribution in [3.05, 3.63) is 30.1 Å². The molecular formula is C15H21N3O2. The predicted molar refractivity (Wildman–Crippen MR) is 75.7 cm³/mol. The number of carbonyl (C=O) groups is 2. The Morgan fingerprint density at radius 1 is 1.35 bits per heavy atom. The summed E-state index contributed by atoms with van der Waals surface area (Å²) < 4.78 is 0. The fourth-order valence-corrected chi connectivity index (χ4v) is 2.50. The summed E-state index contributed by atoms with van der Waals surface area (Å²) in [6.07, 6.45) is 3.22. The number of pyridine rings is 1. The lowest BCUT2D eigenvalue weighted by Gasteiger charge is -2.42. The second kappa shape index (κ2) is 5.61. The van der Waals surface area contributed by atoms with Crippen LogP contribution in [0.3, 0.4) is 0 Å². The average molecular weight is 275 g/mol. The van der Waals surface area contributed by atoms with Gasteiger partial charge in [-0.1, -0.05) is 19.4 Å². The molecule has 2 amide bonds. The molecule has 2 heterocycles. The molecule has 1 atom stereocenters. The van der Waals surface area contributed by atoms with Gasteiger partial charge < -0.3 is 10.2 Å². The van der Waals surface area contributed by atoms with Gasteiger partial charge in [0.05, 0.1) is 12.2 Å². The minimum absolute atomic E-state index is 0.0544. The van der Waals surface area contributed by atoms with E-state index in [1.165, 1.54) is 0 Å². The Kier molecular flexibility index (Phi) is 4.06.